The number of aryl methyl sites for hydroxylation is 1. The number of sulfone groups is 1. The molecule has 0 bridgehead atoms. The lowest BCUT2D eigenvalue weighted by molar-refractivity contribution is -0.137. The number of hydrogen-bond donors (Lipinski definition) is 0. The smallest absolute Gasteiger partial charge is 0.330 e. The number of aromatic nitrogens is 2. The van der Waals surface area contributed by atoms with E-state index in [4.69, 9.17) is 21.1 Å². The van der Waals surface area contributed by atoms with Gasteiger partial charge in [-0.15, -0.1) is 0 Å². The molecule has 3 rings (SSSR count). The lowest BCUT2D eigenvalue weighted by Gasteiger charge is -2.09. The molecule has 7 nitrogen and oxygen atoms in total. The summed E-state index contributed by atoms with van der Waals surface area (Å²) in [5, 5.41) is 4.63. The van der Waals surface area contributed by atoms with Crippen LogP contribution in [0.25, 0.3) is 6.08 Å². The monoisotopic (exact) mass is 456 g/mol. The summed E-state index contributed by atoms with van der Waals surface area (Å²) in [6.45, 7) is 2.23. The van der Waals surface area contributed by atoms with Crippen LogP contribution >= 0.6 is 11.6 Å². The van der Waals surface area contributed by atoms with Gasteiger partial charge < -0.3 is 9.47 Å². The van der Waals surface area contributed by atoms with Gasteiger partial charge in [0.25, 0.3) is 0 Å². The first-order valence-electron chi connectivity index (χ1n) is 9.43. The minimum atomic E-state index is -3.06. The molecule has 1 aromatic carbocycles. The normalized spacial score (nSPS) is 18.0. The quantitative estimate of drug-likeness (QED) is 0.344. The number of rotatable bonds is 8. The van der Waals surface area contributed by atoms with E-state index >= 15 is 0 Å². The molecule has 1 aliphatic rings. The lowest BCUT2D eigenvalue weighted by Crippen LogP contribution is -2.12. The summed E-state index contributed by atoms with van der Waals surface area (Å²) < 4.78 is 48.3. The summed E-state index contributed by atoms with van der Waals surface area (Å²) in [6.07, 6.45) is 3.72. The lowest BCUT2D eigenvalue weighted by atomic mass is 10.2. The minimum Gasteiger partial charge on any atom is -0.493 e. The largest absolute Gasteiger partial charge is 0.493 e. The van der Waals surface area contributed by atoms with Crippen LogP contribution in [0.5, 0.6) is 5.75 Å². The van der Waals surface area contributed by atoms with E-state index in [1.807, 2.05) is 0 Å². The highest BCUT2D eigenvalue weighted by molar-refractivity contribution is 7.91. The second-order valence-electron chi connectivity index (χ2n) is 6.95. The van der Waals surface area contributed by atoms with Crippen molar-refractivity contribution < 1.29 is 27.1 Å². The number of carbonyl (C=O) groups excluding carboxylic acids is 1. The van der Waals surface area contributed by atoms with Crippen molar-refractivity contribution in [3.8, 4) is 5.75 Å². The first-order chi connectivity index (χ1) is 14.2. The second-order valence-corrected chi connectivity index (χ2v) is 9.53. The van der Waals surface area contributed by atoms with E-state index in [0.717, 1.165) is 0 Å². The molecule has 1 saturated heterocycles. The summed E-state index contributed by atoms with van der Waals surface area (Å²) in [7, 11) is -3.06. The highest BCUT2D eigenvalue weighted by Gasteiger charge is 2.31. The van der Waals surface area contributed by atoms with E-state index < -0.39 is 15.8 Å². The van der Waals surface area contributed by atoms with Gasteiger partial charge in [-0.1, -0.05) is 11.6 Å². The maximum atomic E-state index is 12.8. The molecule has 162 valence electrons. The van der Waals surface area contributed by atoms with E-state index in [9.17, 15) is 17.6 Å². The Labute approximate surface area is 179 Å². The molecule has 0 unspecified atom stereocenters. The fourth-order valence-corrected chi connectivity index (χ4v) is 5.15. The molecule has 30 heavy (non-hydrogen) atoms. The zero-order valence-corrected chi connectivity index (χ0v) is 18.0. The molecule has 1 aromatic heterocycles. The van der Waals surface area contributed by atoms with Gasteiger partial charge in [0.05, 0.1) is 36.5 Å². The molecule has 2 heterocycles. The van der Waals surface area contributed by atoms with Crippen LogP contribution in [-0.2, 0) is 19.4 Å². The van der Waals surface area contributed by atoms with Crippen molar-refractivity contribution in [3.05, 3.63) is 52.6 Å². The van der Waals surface area contributed by atoms with Gasteiger partial charge in [0, 0.05) is 18.1 Å². The minimum absolute atomic E-state index is 0.0129. The van der Waals surface area contributed by atoms with E-state index in [1.54, 1.807) is 6.92 Å². The third kappa shape index (κ3) is 5.82. The fraction of sp³-hybridized carbons (Fsp3) is 0.400. The number of esters is 1. The summed E-state index contributed by atoms with van der Waals surface area (Å²) in [5.41, 5.74) is 1.15. The van der Waals surface area contributed by atoms with Crippen LogP contribution in [0.2, 0.25) is 5.15 Å². The second kappa shape index (κ2) is 9.61. The summed E-state index contributed by atoms with van der Waals surface area (Å²) in [5.74, 6) is -0.200. The zero-order valence-electron chi connectivity index (χ0n) is 16.4. The molecule has 0 amide bonds. The molecule has 1 fully saturated rings. The summed E-state index contributed by atoms with van der Waals surface area (Å²) in [6, 6.07) is 5.37. The molecular weight excluding hydrogens is 435 g/mol. The Kier molecular flexibility index (Phi) is 7.14. The van der Waals surface area contributed by atoms with Crippen molar-refractivity contribution >= 4 is 33.5 Å². The topological polar surface area (TPSA) is 87.5 Å². The van der Waals surface area contributed by atoms with E-state index in [0.29, 0.717) is 41.6 Å². The number of halogens is 2. The maximum absolute atomic E-state index is 12.8. The van der Waals surface area contributed by atoms with Gasteiger partial charge in [-0.2, -0.15) is 5.10 Å². The summed E-state index contributed by atoms with van der Waals surface area (Å²) in [4.78, 5) is 11.9. The van der Waals surface area contributed by atoms with Gasteiger partial charge in [0.2, 0.25) is 0 Å². The fourth-order valence-electron chi connectivity index (χ4n) is 3.08. The van der Waals surface area contributed by atoms with E-state index in [-0.39, 0.29) is 30.0 Å². The molecule has 0 radical (unpaired) electrons. The molecule has 1 aliphatic heterocycles. The van der Waals surface area contributed by atoms with Crippen LogP contribution in [0.4, 0.5) is 4.39 Å². The standard InChI is InChI=1S/C20H22ClFN2O5S/c1-14-18(20(21)24(23-14)16-9-12-30(26,27)13-16)7-8-19(25)29-11-2-10-28-17-5-3-15(22)4-6-17/h3-8,16H,2,9-13H2,1H3/b8-7+/t16-/m1/s1. The van der Waals surface area contributed by atoms with Gasteiger partial charge in [-0.3, -0.25) is 0 Å². The molecule has 2 aromatic rings. The van der Waals surface area contributed by atoms with Crippen LogP contribution in [0.1, 0.15) is 30.1 Å². The highest BCUT2D eigenvalue weighted by Crippen LogP contribution is 2.30. The Balaban J connectivity index is 1.47. The Morgan fingerprint density at radius 2 is 2.07 bits per heavy atom. The van der Waals surface area contributed by atoms with E-state index in [2.05, 4.69) is 5.10 Å². The van der Waals surface area contributed by atoms with E-state index in [1.165, 1.54) is 41.1 Å². The Morgan fingerprint density at radius 3 is 2.73 bits per heavy atom. The van der Waals surface area contributed by atoms with Gasteiger partial charge in [-0.25, -0.2) is 22.3 Å². The highest BCUT2D eigenvalue weighted by atomic mass is 35.5. The molecule has 0 N–H and O–H groups in total. The van der Waals surface area contributed by atoms with Gasteiger partial charge >= 0.3 is 5.97 Å². The van der Waals surface area contributed by atoms with Crippen molar-refractivity contribution in [2.45, 2.75) is 25.8 Å². The number of hydrogen-bond acceptors (Lipinski definition) is 6. The third-order valence-corrected chi connectivity index (χ3v) is 6.75. The van der Waals surface area contributed by atoms with Crippen LogP contribution in [0, 0.1) is 12.7 Å². The van der Waals surface area contributed by atoms with Gasteiger partial charge in [0.15, 0.2) is 9.84 Å². The number of nitrogens with zero attached hydrogens (tertiary/aromatic N) is 2. The number of carbonyl (C=O) groups is 1. The van der Waals surface area contributed by atoms with Crippen molar-refractivity contribution in [2.75, 3.05) is 24.7 Å². The Hall–Kier alpha value is -2.39. The first kappa shape index (κ1) is 22.3. The number of ether oxygens (including phenoxy) is 2. The predicted molar refractivity (Wildman–Crippen MR) is 111 cm³/mol. The molecule has 0 aliphatic carbocycles. The van der Waals surface area contributed by atoms with Crippen molar-refractivity contribution in [1.29, 1.82) is 0 Å². The average molecular weight is 457 g/mol. The summed E-state index contributed by atoms with van der Waals surface area (Å²) >= 11 is 6.36. The number of benzene rings is 1. The average Bonchev–Trinajstić information content (AvgIpc) is 3.19. The Morgan fingerprint density at radius 1 is 1.33 bits per heavy atom. The molecule has 0 spiro atoms. The van der Waals surface area contributed by atoms with Crippen molar-refractivity contribution in [3.63, 3.8) is 0 Å². The van der Waals surface area contributed by atoms with Gasteiger partial charge in [0.1, 0.15) is 16.7 Å². The SMILES string of the molecule is Cc1nn([C@@H]2CCS(=O)(=O)C2)c(Cl)c1/C=C/C(=O)OCCCOc1ccc(F)cc1. The maximum Gasteiger partial charge on any atom is 0.330 e. The van der Waals surface area contributed by atoms with Crippen LogP contribution in [0.15, 0.2) is 30.3 Å². The van der Waals surface area contributed by atoms with Crippen LogP contribution < -0.4 is 4.74 Å². The molecule has 1 atom stereocenters. The third-order valence-electron chi connectivity index (χ3n) is 4.63. The van der Waals surface area contributed by atoms with Crippen LogP contribution in [-0.4, -0.2) is 48.9 Å². The van der Waals surface area contributed by atoms with Crippen molar-refractivity contribution in [1.82, 2.24) is 9.78 Å². The first-order valence-corrected chi connectivity index (χ1v) is 11.6. The van der Waals surface area contributed by atoms with Gasteiger partial charge in [-0.05, 0) is 43.7 Å². The van der Waals surface area contributed by atoms with Crippen molar-refractivity contribution in [2.24, 2.45) is 0 Å². The Bertz CT molecular complexity index is 1030. The molecule has 10 heteroatoms. The molecule has 0 saturated carbocycles. The zero-order chi connectivity index (χ0) is 21.7. The van der Waals surface area contributed by atoms with Crippen LogP contribution in [0.3, 0.4) is 0 Å². The molecular formula is C20H22ClFN2O5S. The predicted octanol–water partition coefficient (Wildman–Crippen LogP) is 3.37.